The molecule has 0 saturated carbocycles. The van der Waals surface area contributed by atoms with E-state index in [2.05, 4.69) is 41.5 Å². The monoisotopic (exact) mass is 348 g/mol. The fraction of sp³-hybridized carbons (Fsp3) is 0.333. The van der Waals surface area contributed by atoms with Crippen LogP contribution in [0.2, 0.25) is 0 Å². The fourth-order valence-corrected chi connectivity index (χ4v) is 3.55. The summed E-state index contributed by atoms with van der Waals surface area (Å²) in [6.07, 6.45) is 2.06. The van der Waals surface area contributed by atoms with Crippen LogP contribution in [0.3, 0.4) is 0 Å². The molecule has 4 rings (SSSR count). The number of benzene rings is 2. The zero-order valence-electron chi connectivity index (χ0n) is 15.0. The van der Waals surface area contributed by atoms with Crippen LogP contribution >= 0.6 is 0 Å². The van der Waals surface area contributed by atoms with Crippen LogP contribution in [0.15, 0.2) is 48.5 Å². The van der Waals surface area contributed by atoms with Gasteiger partial charge in [-0.3, -0.25) is 0 Å². The first kappa shape index (κ1) is 16.6. The Hall–Kier alpha value is -2.82. The van der Waals surface area contributed by atoms with Crippen LogP contribution in [-0.2, 0) is 6.54 Å². The predicted octanol–water partition coefficient (Wildman–Crippen LogP) is 3.96. The Bertz CT molecular complexity index is 867. The second-order valence-electron chi connectivity index (χ2n) is 7.07. The Morgan fingerprint density at radius 1 is 1.23 bits per heavy atom. The van der Waals surface area contributed by atoms with Gasteiger partial charge in [0.05, 0.1) is 11.0 Å². The largest absolute Gasteiger partial charge is 0.342 e. The first-order valence-corrected chi connectivity index (χ1v) is 9.22. The summed E-state index contributed by atoms with van der Waals surface area (Å²) in [7, 11) is 0. The van der Waals surface area contributed by atoms with Crippen molar-refractivity contribution in [2.75, 3.05) is 13.1 Å². The lowest BCUT2D eigenvalue weighted by atomic mass is 9.97. The molecule has 134 valence electrons. The molecule has 1 aliphatic rings. The van der Waals surface area contributed by atoms with Crippen molar-refractivity contribution in [3.8, 4) is 0 Å². The van der Waals surface area contributed by atoms with Gasteiger partial charge in [0, 0.05) is 25.6 Å². The molecule has 5 nitrogen and oxygen atoms in total. The van der Waals surface area contributed by atoms with Crippen LogP contribution in [0.25, 0.3) is 11.0 Å². The minimum absolute atomic E-state index is 0.00591. The van der Waals surface area contributed by atoms with Crippen LogP contribution in [0.4, 0.5) is 4.79 Å². The third-order valence-corrected chi connectivity index (χ3v) is 5.07. The van der Waals surface area contributed by atoms with E-state index >= 15 is 0 Å². The highest BCUT2D eigenvalue weighted by Crippen LogP contribution is 2.26. The summed E-state index contributed by atoms with van der Waals surface area (Å²) in [5, 5.41) is 3.04. The van der Waals surface area contributed by atoms with Gasteiger partial charge in [-0.2, -0.15) is 0 Å². The van der Waals surface area contributed by atoms with Gasteiger partial charge >= 0.3 is 6.03 Å². The molecule has 0 bridgehead atoms. The first-order valence-electron chi connectivity index (χ1n) is 9.22. The minimum atomic E-state index is 0.00591. The van der Waals surface area contributed by atoms with Crippen LogP contribution in [0.1, 0.15) is 35.7 Å². The molecule has 1 aliphatic heterocycles. The Kier molecular flexibility index (Phi) is 4.61. The number of hydrogen-bond acceptors (Lipinski definition) is 2. The number of piperidine rings is 1. The van der Waals surface area contributed by atoms with Gasteiger partial charge in [0.2, 0.25) is 0 Å². The minimum Gasteiger partial charge on any atom is -0.342 e. The molecule has 2 N–H and O–H groups in total. The summed E-state index contributed by atoms with van der Waals surface area (Å²) >= 11 is 0. The molecule has 0 spiro atoms. The average molecular weight is 348 g/mol. The number of nitrogens with one attached hydrogen (secondary N) is 2. The number of urea groups is 1. The lowest BCUT2D eigenvalue weighted by Gasteiger charge is -2.31. The molecular weight excluding hydrogens is 324 g/mol. The number of aromatic amines is 1. The van der Waals surface area contributed by atoms with E-state index in [1.807, 2.05) is 29.2 Å². The highest BCUT2D eigenvalue weighted by atomic mass is 16.2. The third kappa shape index (κ3) is 3.57. The van der Waals surface area contributed by atoms with E-state index in [4.69, 9.17) is 4.98 Å². The molecule has 1 saturated heterocycles. The molecule has 1 fully saturated rings. The number of likely N-dealkylation sites (tertiary alicyclic amines) is 1. The highest BCUT2D eigenvalue weighted by Gasteiger charge is 2.26. The average Bonchev–Trinajstić information content (AvgIpc) is 3.12. The van der Waals surface area contributed by atoms with Gasteiger partial charge in [0.15, 0.2) is 0 Å². The number of carbonyl (C=O) groups is 1. The standard InChI is InChI=1S/C21H24N4O/c1-15-8-10-16(11-9-15)13-22-21(26)25-12-4-5-17(14-25)20-23-18-6-2-3-7-19(18)24-20/h2-3,6-11,17H,4-5,12-14H2,1H3,(H,22,26)(H,23,24)/t17-/m0/s1. The van der Waals surface area contributed by atoms with Gasteiger partial charge in [-0.05, 0) is 37.5 Å². The number of hydrogen-bond donors (Lipinski definition) is 2. The molecule has 0 unspecified atom stereocenters. The summed E-state index contributed by atoms with van der Waals surface area (Å²) in [4.78, 5) is 22.6. The van der Waals surface area contributed by atoms with E-state index in [1.54, 1.807) is 0 Å². The molecule has 2 aromatic carbocycles. The van der Waals surface area contributed by atoms with Crippen molar-refractivity contribution in [3.63, 3.8) is 0 Å². The number of aryl methyl sites for hydroxylation is 1. The highest BCUT2D eigenvalue weighted by molar-refractivity contribution is 5.75. The summed E-state index contributed by atoms with van der Waals surface area (Å²) < 4.78 is 0. The van der Waals surface area contributed by atoms with E-state index in [0.29, 0.717) is 13.1 Å². The van der Waals surface area contributed by atoms with Crippen molar-refractivity contribution in [2.24, 2.45) is 0 Å². The molecule has 0 aliphatic carbocycles. The predicted molar refractivity (Wildman–Crippen MR) is 103 cm³/mol. The van der Waals surface area contributed by atoms with E-state index in [0.717, 1.165) is 41.8 Å². The number of carbonyl (C=O) groups excluding carboxylic acids is 1. The lowest BCUT2D eigenvalue weighted by Crippen LogP contribution is -2.44. The van der Waals surface area contributed by atoms with Crippen molar-refractivity contribution in [2.45, 2.75) is 32.2 Å². The summed E-state index contributed by atoms with van der Waals surface area (Å²) in [6.45, 7) is 4.13. The Morgan fingerprint density at radius 2 is 2.04 bits per heavy atom. The van der Waals surface area contributed by atoms with Gasteiger partial charge in [-0.15, -0.1) is 0 Å². The molecular formula is C21H24N4O. The molecule has 2 amide bonds. The fourth-order valence-electron chi connectivity index (χ4n) is 3.55. The van der Waals surface area contributed by atoms with Crippen LogP contribution in [-0.4, -0.2) is 34.0 Å². The van der Waals surface area contributed by atoms with Gasteiger partial charge in [0.25, 0.3) is 0 Å². The molecule has 0 radical (unpaired) electrons. The quantitative estimate of drug-likeness (QED) is 0.752. The van der Waals surface area contributed by atoms with Crippen molar-refractivity contribution in [1.82, 2.24) is 20.2 Å². The summed E-state index contributed by atoms with van der Waals surface area (Å²) in [6, 6.07) is 16.3. The van der Waals surface area contributed by atoms with E-state index in [1.165, 1.54) is 5.56 Å². The lowest BCUT2D eigenvalue weighted by molar-refractivity contribution is 0.178. The number of rotatable bonds is 3. The van der Waals surface area contributed by atoms with Crippen molar-refractivity contribution >= 4 is 17.1 Å². The number of imidazole rings is 1. The van der Waals surface area contributed by atoms with Crippen molar-refractivity contribution in [1.29, 1.82) is 0 Å². The smallest absolute Gasteiger partial charge is 0.317 e. The topological polar surface area (TPSA) is 61.0 Å². The Balaban J connectivity index is 1.39. The number of para-hydroxylation sites is 2. The van der Waals surface area contributed by atoms with Crippen molar-refractivity contribution < 1.29 is 4.79 Å². The molecule has 3 aromatic rings. The number of H-pyrrole nitrogens is 1. The second kappa shape index (κ2) is 7.20. The molecule has 1 aromatic heterocycles. The Labute approximate surface area is 153 Å². The normalized spacial score (nSPS) is 17.4. The number of amides is 2. The van der Waals surface area contributed by atoms with E-state index < -0.39 is 0 Å². The van der Waals surface area contributed by atoms with Gasteiger partial charge in [-0.1, -0.05) is 42.0 Å². The van der Waals surface area contributed by atoms with Crippen molar-refractivity contribution in [3.05, 3.63) is 65.5 Å². The maximum Gasteiger partial charge on any atom is 0.317 e. The van der Waals surface area contributed by atoms with Gasteiger partial charge in [0.1, 0.15) is 5.82 Å². The maximum absolute atomic E-state index is 12.6. The van der Waals surface area contributed by atoms with Gasteiger partial charge in [-0.25, -0.2) is 9.78 Å². The third-order valence-electron chi connectivity index (χ3n) is 5.07. The van der Waals surface area contributed by atoms with E-state index in [9.17, 15) is 4.79 Å². The summed E-state index contributed by atoms with van der Waals surface area (Å²) in [5.74, 6) is 1.25. The second-order valence-corrected chi connectivity index (χ2v) is 7.07. The number of nitrogens with zero attached hydrogens (tertiary/aromatic N) is 2. The van der Waals surface area contributed by atoms with Crippen LogP contribution < -0.4 is 5.32 Å². The zero-order valence-corrected chi connectivity index (χ0v) is 15.0. The number of aromatic nitrogens is 2. The first-order chi connectivity index (χ1) is 12.7. The van der Waals surface area contributed by atoms with Gasteiger partial charge < -0.3 is 15.2 Å². The molecule has 2 heterocycles. The molecule has 1 atom stereocenters. The summed E-state index contributed by atoms with van der Waals surface area (Å²) in [5.41, 5.74) is 4.39. The molecule has 5 heteroatoms. The zero-order chi connectivity index (χ0) is 17.9. The molecule has 26 heavy (non-hydrogen) atoms. The Morgan fingerprint density at radius 3 is 2.85 bits per heavy atom. The van der Waals surface area contributed by atoms with Crippen LogP contribution in [0.5, 0.6) is 0 Å². The van der Waals surface area contributed by atoms with Crippen LogP contribution in [0, 0.1) is 6.92 Å². The number of fused-ring (bicyclic) bond motifs is 1. The maximum atomic E-state index is 12.6. The SMILES string of the molecule is Cc1ccc(CNC(=O)N2CCC[C@H](c3nc4ccccc4[nH]3)C2)cc1. The van der Waals surface area contributed by atoms with E-state index in [-0.39, 0.29) is 11.9 Å².